The first-order valence-corrected chi connectivity index (χ1v) is 6.23. The molecule has 0 aliphatic rings. The van der Waals surface area contributed by atoms with Crippen molar-refractivity contribution in [2.75, 3.05) is 19.7 Å². The summed E-state index contributed by atoms with van der Waals surface area (Å²) in [6.07, 6.45) is 0.566. The summed E-state index contributed by atoms with van der Waals surface area (Å²) in [6, 6.07) is 0. The van der Waals surface area contributed by atoms with Crippen molar-refractivity contribution in [2.24, 2.45) is 0 Å². The number of hydrogen-bond donors (Lipinski definition) is 2. The summed E-state index contributed by atoms with van der Waals surface area (Å²) in [4.78, 5) is 18.0. The van der Waals surface area contributed by atoms with Gasteiger partial charge >= 0.3 is 0 Å². The number of aromatic nitrogens is 3. The lowest BCUT2D eigenvalue weighted by Crippen LogP contribution is -2.33. The number of H-pyrrole nitrogens is 1. The average molecular weight is 254 g/mol. The summed E-state index contributed by atoms with van der Waals surface area (Å²) in [7, 11) is 0. The Morgan fingerprint density at radius 2 is 2.11 bits per heavy atom. The smallest absolute Gasteiger partial charge is 0.293 e. The molecule has 1 amide bonds. The highest BCUT2D eigenvalue weighted by molar-refractivity contribution is 5.90. The summed E-state index contributed by atoms with van der Waals surface area (Å²) in [5.41, 5.74) is -0.159. The molecule has 18 heavy (non-hydrogen) atoms. The minimum Gasteiger partial charge on any atom is -0.396 e. The second kappa shape index (κ2) is 5.95. The van der Waals surface area contributed by atoms with Crippen molar-refractivity contribution >= 4 is 5.91 Å². The molecule has 6 nitrogen and oxygen atoms in total. The molecule has 1 heterocycles. The third-order valence-corrected chi connectivity index (χ3v) is 2.64. The van der Waals surface area contributed by atoms with Crippen LogP contribution in [0.1, 0.15) is 50.6 Å². The zero-order valence-electron chi connectivity index (χ0n) is 11.5. The lowest BCUT2D eigenvalue weighted by atomic mass is 9.96. The number of aliphatic hydroxyl groups is 1. The number of carbonyl (C=O) groups is 1. The van der Waals surface area contributed by atoms with E-state index in [1.165, 1.54) is 0 Å². The lowest BCUT2D eigenvalue weighted by molar-refractivity contribution is 0.0742. The number of aromatic amines is 1. The van der Waals surface area contributed by atoms with E-state index in [0.29, 0.717) is 25.3 Å². The van der Waals surface area contributed by atoms with Crippen LogP contribution in [0.3, 0.4) is 0 Å². The maximum Gasteiger partial charge on any atom is 0.293 e. The van der Waals surface area contributed by atoms with Gasteiger partial charge in [0.25, 0.3) is 5.91 Å². The van der Waals surface area contributed by atoms with Crippen molar-refractivity contribution in [1.29, 1.82) is 0 Å². The minimum absolute atomic E-state index is 0.0744. The van der Waals surface area contributed by atoms with Crippen LogP contribution >= 0.6 is 0 Å². The Kier molecular flexibility index (Phi) is 4.84. The van der Waals surface area contributed by atoms with Crippen LogP contribution in [0.2, 0.25) is 0 Å². The summed E-state index contributed by atoms with van der Waals surface area (Å²) >= 11 is 0. The van der Waals surface area contributed by atoms with Crippen LogP contribution < -0.4 is 0 Å². The van der Waals surface area contributed by atoms with E-state index in [2.05, 4.69) is 15.2 Å². The molecule has 0 spiro atoms. The van der Waals surface area contributed by atoms with Crippen molar-refractivity contribution in [3.8, 4) is 0 Å². The van der Waals surface area contributed by atoms with Gasteiger partial charge in [-0.25, -0.2) is 4.98 Å². The van der Waals surface area contributed by atoms with Crippen molar-refractivity contribution < 1.29 is 9.90 Å². The van der Waals surface area contributed by atoms with Crippen molar-refractivity contribution in [1.82, 2.24) is 20.1 Å². The molecule has 0 atom stereocenters. The van der Waals surface area contributed by atoms with Gasteiger partial charge in [0.2, 0.25) is 5.82 Å². The van der Waals surface area contributed by atoms with E-state index in [1.54, 1.807) is 4.90 Å². The van der Waals surface area contributed by atoms with E-state index in [9.17, 15) is 4.79 Å². The molecule has 6 heteroatoms. The molecule has 0 radical (unpaired) electrons. The maximum atomic E-state index is 12.1. The van der Waals surface area contributed by atoms with Crippen LogP contribution in [-0.4, -0.2) is 50.8 Å². The van der Waals surface area contributed by atoms with Gasteiger partial charge in [0.15, 0.2) is 0 Å². The van der Waals surface area contributed by atoms with Gasteiger partial charge in [-0.05, 0) is 13.3 Å². The normalized spacial score (nSPS) is 11.6. The number of nitrogens with zero attached hydrogens (tertiary/aromatic N) is 3. The van der Waals surface area contributed by atoms with E-state index in [-0.39, 0.29) is 23.8 Å². The molecule has 0 fully saturated rings. The molecule has 102 valence electrons. The predicted octanol–water partition coefficient (Wildman–Crippen LogP) is 0.947. The number of aliphatic hydroxyl groups excluding tert-OH is 1. The van der Waals surface area contributed by atoms with Crippen LogP contribution in [0, 0.1) is 0 Å². The fourth-order valence-electron chi connectivity index (χ4n) is 1.50. The number of hydrogen-bond acceptors (Lipinski definition) is 4. The number of rotatable bonds is 5. The molecule has 0 saturated heterocycles. The van der Waals surface area contributed by atoms with Gasteiger partial charge in [-0.15, -0.1) is 5.10 Å². The van der Waals surface area contributed by atoms with Gasteiger partial charge in [0.05, 0.1) is 0 Å². The fraction of sp³-hybridized carbons (Fsp3) is 0.750. The first kappa shape index (κ1) is 14.6. The van der Waals surface area contributed by atoms with Gasteiger partial charge in [-0.1, -0.05) is 20.8 Å². The molecule has 0 saturated carbocycles. The van der Waals surface area contributed by atoms with Crippen LogP contribution in [0.5, 0.6) is 0 Å². The third kappa shape index (κ3) is 3.53. The highest BCUT2D eigenvalue weighted by Gasteiger charge is 2.23. The van der Waals surface area contributed by atoms with Gasteiger partial charge in [0.1, 0.15) is 5.82 Å². The van der Waals surface area contributed by atoms with Crippen LogP contribution in [0.4, 0.5) is 0 Å². The highest BCUT2D eigenvalue weighted by atomic mass is 16.3. The topological polar surface area (TPSA) is 82.1 Å². The van der Waals surface area contributed by atoms with E-state index < -0.39 is 0 Å². The molecule has 0 bridgehead atoms. The number of amides is 1. The third-order valence-electron chi connectivity index (χ3n) is 2.64. The zero-order valence-corrected chi connectivity index (χ0v) is 11.5. The zero-order chi connectivity index (χ0) is 13.8. The Bertz CT molecular complexity index is 395. The monoisotopic (exact) mass is 254 g/mol. The lowest BCUT2D eigenvalue weighted by Gasteiger charge is -2.18. The molecule has 0 unspecified atom stereocenters. The maximum absolute atomic E-state index is 12.1. The molecule has 1 aromatic heterocycles. The second-order valence-electron chi connectivity index (χ2n) is 5.22. The molecule has 0 aliphatic carbocycles. The molecule has 1 aromatic rings. The standard InChI is InChI=1S/C12H22N4O2/c1-5-16(7-6-8-17)10(18)9-13-11(15-14-9)12(2,3)4/h17H,5-8H2,1-4H3,(H,13,14,15). The Morgan fingerprint density at radius 1 is 1.44 bits per heavy atom. The van der Waals surface area contributed by atoms with Gasteiger partial charge in [0, 0.05) is 25.1 Å². The minimum atomic E-state index is -0.197. The molecule has 0 aliphatic heterocycles. The van der Waals surface area contributed by atoms with E-state index >= 15 is 0 Å². The first-order chi connectivity index (χ1) is 8.40. The predicted molar refractivity (Wildman–Crippen MR) is 68.4 cm³/mol. The molecular formula is C12H22N4O2. The van der Waals surface area contributed by atoms with E-state index in [4.69, 9.17) is 5.11 Å². The Morgan fingerprint density at radius 3 is 2.56 bits per heavy atom. The van der Waals surface area contributed by atoms with E-state index in [0.717, 1.165) is 0 Å². The summed E-state index contributed by atoms with van der Waals surface area (Å²) in [6.45, 7) is 9.09. The van der Waals surface area contributed by atoms with Gasteiger partial charge in [-0.2, -0.15) is 0 Å². The summed E-state index contributed by atoms with van der Waals surface area (Å²) in [5, 5.41) is 15.6. The van der Waals surface area contributed by atoms with Gasteiger partial charge in [-0.3, -0.25) is 9.89 Å². The molecule has 2 N–H and O–H groups in total. The van der Waals surface area contributed by atoms with Crippen LogP contribution in [-0.2, 0) is 5.41 Å². The van der Waals surface area contributed by atoms with Gasteiger partial charge < -0.3 is 10.0 Å². The summed E-state index contributed by atoms with van der Waals surface area (Å²) in [5.74, 6) is 0.696. The van der Waals surface area contributed by atoms with Crippen molar-refractivity contribution in [2.45, 2.75) is 39.5 Å². The number of carbonyl (C=O) groups excluding carboxylic acids is 1. The first-order valence-electron chi connectivity index (χ1n) is 6.23. The van der Waals surface area contributed by atoms with Crippen LogP contribution in [0.15, 0.2) is 0 Å². The second-order valence-corrected chi connectivity index (χ2v) is 5.22. The average Bonchev–Trinajstić information content (AvgIpc) is 2.78. The summed E-state index contributed by atoms with van der Waals surface area (Å²) < 4.78 is 0. The van der Waals surface area contributed by atoms with Crippen molar-refractivity contribution in [3.63, 3.8) is 0 Å². The van der Waals surface area contributed by atoms with Crippen LogP contribution in [0.25, 0.3) is 0 Å². The number of nitrogens with one attached hydrogen (secondary N) is 1. The molecule has 1 rings (SSSR count). The highest BCUT2D eigenvalue weighted by Crippen LogP contribution is 2.17. The largest absolute Gasteiger partial charge is 0.396 e. The van der Waals surface area contributed by atoms with E-state index in [1.807, 2.05) is 27.7 Å². The molecular weight excluding hydrogens is 232 g/mol. The molecule has 0 aromatic carbocycles. The Balaban J connectivity index is 2.79. The quantitative estimate of drug-likeness (QED) is 0.819. The Hall–Kier alpha value is -1.43. The Labute approximate surface area is 107 Å². The SMILES string of the molecule is CCN(CCCO)C(=O)c1n[nH]c(C(C)(C)C)n1. The fourth-order valence-corrected chi connectivity index (χ4v) is 1.50. The van der Waals surface area contributed by atoms with Crippen molar-refractivity contribution in [3.05, 3.63) is 11.6 Å².